The van der Waals surface area contributed by atoms with E-state index in [2.05, 4.69) is 5.32 Å². The Bertz CT molecular complexity index is 824. The van der Waals surface area contributed by atoms with Gasteiger partial charge >= 0.3 is 0 Å². The number of carbonyl (C=O) groups is 2. The highest BCUT2D eigenvalue weighted by atomic mass is 32.2. The molecule has 0 aromatic heterocycles. The molecule has 1 heterocycles. The van der Waals surface area contributed by atoms with Crippen LogP contribution in [0.2, 0.25) is 0 Å². The average Bonchev–Trinajstić information content (AvgIpc) is 2.78. The molecular weight excluding hydrogens is 298 g/mol. The summed E-state index contributed by atoms with van der Waals surface area (Å²) < 4.78 is 25.1. The smallest absolute Gasteiger partial charge is 0.288 e. The van der Waals surface area contributed by atoms with Crippen molar-refractivity contribution in [2.24, 2.45) is 0 Å². The highest BCUT2D eigenvalue weighted by Crippen LogP contribution is 2.29. The van der Waals surface area contributed by atoms with E-state index in [1.54, 1.807) is 36.4 Å². The van der Waals surface area contributed by atoms with Crippen LogP contribution in [-0.2, 0) is 14.6 Å². The zero-order chi connectivity index (χ0) is 14.3. The van der Waals surface area contributed by atoms with Gasteiger partial charge in [-0.2, -0.15) is 0 Å². The van der Waals surface area contributed by atoms with Crippen LogP contribution in [0, 0.1) is 0 Å². The van der Waals surface area contributed by atoms with E-state index in [-0.39, 0.29) is 4.90 Å². The van der Waals surface area contributed by atoms with E-state index < -0.39 is 25.6 Å². The first-order valence-electron chi connectivity index (χ1n) is 5.74. The molecule has 1 saturated heterocycles. The Morgan fingerprint density at radius 1 is 1.00 bits per heavy atom. The predicted octanol–water partition coefficient (Wildman–Crippen LogP) is 1.92. The minimum Gasteiger partial charge on any atom is -0.323 e. The molecule has 102 valence electrons. The molecule has 1 aliphatic heterocycles. The average molecular weight is 307 g/mol. The molecule has 1 N–H and O–H groups in total. The van der Waals surface area contributed by atoms with E-state index in [1.165, 1.54) is 6.07 Å². The highest BCUT2D eigenvalue weighted by Gasteiger charge is 2.42. The molecule has 0 bridgehead atoms. The van der Waals surface area contributed by atoms with Crippen molar-refractivity contribution in [2.75, 3.05) is 0 Å². The summed E-state index contributed by atoms with van der Waals surface area (Å²) in [4.78, 5) is 22.9. The maximum absolute atomic E-state index is 12.6. The van der Waals surface area contributed by atoms with Crippen LogP contribution < -0.4 is 5.32 Å². The number of hydrogen-bond acceptors (Lipinski definition) is 5. The lowest BCUT2D eigenvalue weighted by molar-refractivity contribution is -0.110. The molecule has 3 rings (SSSR count). The lowest BCUT2D eigenvalue weighted by atomic mass is 10.1. The van der Waals surface area contributed by atoms with Gasteiger partial charge in [-0.15, -0.1) is 0 Å². The van der Waals surface area contributed by atoms with Gasteiger partial charge in [0.15, 0.2) is 0 Å². The molecule has 0 saturated carbocycles. The zero-order valence-corrected chi connectivity index (χ0v) is 11.7. The molecule has 2 aromatic rings. The molecule has 7 heteroatoms. The number of fused-ring (bicyclic) bond motifs is 1. The van der Waals surface area contributed by atoms with Gasteiger partial charge in [0, 0.05) is 17.1 Å². The van der Waals surface area contributed by atoms with Crippen LogP contribution >= 0.6 is 11.8 Å². The molecular formula is C13H9NO4S2. The van der Waals surface area contributed by atoms with Crippen molar-refractivity contribution in [1.82, 2.24) is 5.32 Å². The number of hydrogen-bond donors (Lipinski definition) is 1. The number of benzene rings is 2. The summed E-state index contributed by atoms with van der Waals surface area (Å²) in [5.41, 5.74) is 0. The van der Waals surface area contributed by atoms with Crippen LogP contribution in [0.15, 0.2) is 47.4 Å². The maximum atomic E-state index is 12.6. The van der Waals surface area contributed by atoms with Gasteiger partial charge in [-0.1, -0.05) is 36.4 Å². The van der Waals surface area contributed by atoms with Gasteiger partial charge < -0.3 is 5.32 Å². The van der Waals surface area contributed by atoms with Crippen LogP contribution in [0.25, 0.3) is 10.8 Å². The van der Waals surface area contributed by atoms with E-state index >= 15 is 0 Å². The minimum absolute atomic E-state index is 0.0525. The van der Waals surface area contributed by atoms with Crippen molar-refractivity contribution in [3.05, 3.63) is 42.5 Å². The third-order valence-corrected chi connectivity index (χ3v) is 5.83. The summed E-state index contributed by atoms with van der Waals surface area (Å²) >= 11 is 0.387. The summed E-state index contributed by atoms with van der Waals surface area (Å²) in [6.45, 7) is 0. The first-order chi connectivity index (χ1) is 9.50. The normalized spacial score (nSPS) is 19.3. The quantitative estimate of drug-likeness (QED) is 0.917. The van der Waals surface area contributed by atoms with E-state index in [4.69, 9.17) is 0 Å². The van der Waals surface area contributed by atoms with E-state index in [0.29, 0.717) is 17.1 Å². The SMILES string of the molecule is O=C1NC(S(=O)(=O)c2cccc3ccccc23)C(=O)S1. The summed E-state index contributed by atoms with van der Waals surface area (Å²) in [5.74, 6) is 0. The Kier molecular flexibility index (Phi) is 3.02. The fourth-order valence-corrected chi connectivity index (χ4v) is 4.77. The van der Waals surface area contributed by atoms with Crippen LogP contribution in [0.1, 0.15) is 0 Å². The molecule has 1 amide bonds. The second-order valence-electron chi connectivity index (χ2n) is 4.26. The van der Waals surface area contributed by atoms with Gasteiger partial charge in [0.25, 0.3) is 5.24 Å². The van der Waals surface area contributed by atoms with Gasteiger partial charge in [-0.05, 0) is 11.5 Å². The van der Waals surface area contributed by atoms with E-state index in [1.807, 2.05) is 0 Å². The number of thioether (sulfide) groups is 1. The summed E-state index contributed by atoms with van der Waals surface area (Å²) in [6, 6.07) is 11.8. The van der Waals surface area contributed by atoms with E-state index in [9.17, 15) is 18.0 Å². The van der Waals surface area contributed by atoms with Crippen LogP contribution in [0.4, 0.5) is 4.79 Å². The van der Waals surface area contributed by atoms with Crippen molar-refractivity contribution in [1.29, 1.82) is 0 Å². The molecule has 0 spiro atoms. The van der Waals surface area contributed by atoms with Crippen molar-refractivity contribution >= 4 is 42.7 Å². The van der Waals surface area contributed by atoms with Crippen LogP contribution in [0.3, 0.4) is 0 Å². The highest BCUT2D eigenvalue weighted by molar-refractivity contribution is 8.27. The van der Waals surface area contributed by atoms with Gasteiger partial charge in [0.05, 0.1) is 4.90 Å². The first-order valence-corrected chi connectivity index (χ1v) is 8.10. The van der Waals surface area contributed by atoms with E-state index in [0.717, 1.165) is 5.39 Å². The Morgan fingerprint density at radius 2 is 1.70 bits per heavy atom. The second-order valence-corrected chi connectivity index (χ2v) is 7.23. The number of sulfone groups is 1. The lowest BCUT2D eigenvalue weighted by Crippen LogP contribution is -2.37. The molecule has 0 aliphatic carbocycles. The predicted molar refractivity (Wildman–Crippen MR) is 76.1 cm³/mol. The fourth-order valence-electron chi connectivity index (χ4n) is 2.12. The van der Waals surface area contributed by atoms with Crippen molar-refractivity contribution in [2.45, 2.75) is 10.3 Å². The lowest BCUT2D eigenvalue weighted by Gasteiger charge is -2.12. The Labute approximate surface area is 119 Å². The fraction of sp³-hybridized carbons (Fsp3) is 0.0769. The maximum Gasteiger partial charge on any atom is 0.288 e. The third-order valence-electron chi connectivity index (χ3n) is 3.02. The monoisotopic (exact) mass is 307 g/mol. The third kappa shape index (κ3) is 1.99. The number of rotatable bonds is 2. The topological polar surface area (TPSA) is 80.3 Å². The Balaban J connectivity index is 2.20. The van der Waals surface area contributed by atoms with Crippen molar-refractivity contribution in [3.8, 4) is 0 Å². The van der Waals surface area contributed by atoms with Crippen LogP contribution in [-0.4, -0.2) is 24.1 Å². The summed E-state index contributed by atoms with van der Waals surface area (Å²) in [7, 11) is -3.95. The number of nitrogens with one attached hydrogen (secondary N) is 1. The molecule has 20 heavy (non-hydrogen) atoms. The van der Waals surface area contributed by atoms with Gasteiger partial charge in [0.2, 0.25) is 20.3 Å². The number of carbonyl (C=O) groups excluding carboxylic acids is 2. The van der Waals surface area contributed by atoms with Crippen molar-refractivity contribution < 1.29 is 18.0 Å². The molecule has 0 radical (unpaired) electrons. The van der Waals surface area contributed by atoms with Crippen molar-refractivity contribution in [3.63, 3.8) is 0 Å². The minimum atomic E-state index is -3.95. The molecule has 1 atom stereocenters. The zero-order valence-electron chi connectivity index (χ0n) is 10.1. The Hall–Kier alpha value is -1.86. The summed E-state index contributed by atoms with van der Waals surface area (Å²) in [6.07, 6.45) is 0. The Morgan fingerprint density at radius 3 is 2.40 bits per heavy atom. The van der Waals surface area contributed by atoms with Crippen LogP contribution in [0.5, 0.6) is 0 Å². The molecule has 1 unspecified atom stereocenters. The first kappa shape index (κ1) is 13.1. The van der Waals surface area contributed by atoms with Gasteiger partial charge in [-0.25, -0.2) is 8.42 Å². The molecule has 1 fully saturated rings. The molecule has 1 aliphatic rings. The molecule has 2 aromatic carbocycles. The second kappa shape index (κ2) is 4.60. The number of amides is 1. The van der Waals surface area contributed by atoms with Gasteiger partial charge in [0.1, 0.15) is 0 Å². The molecule has 5 nitrogen and oxygen atoms in total. The van der Waals surface area contributed by atoms with Gasteiger partial charge in [-0.3, -0.25) is 9.59 Å². The summed E-state index contributed by atoms with van der Waals surface area (Å²) in [5, 5.41) is 0.656. The standard InChI is InChI=1S/C13H9NO4S2/c15-12-11(14-13(16)19-12)20(17,18)10-7-3-5-8-4-1-2-6-9(8)10/h1-7,11H,(H,14,16). The largest absolute Gasteiger partial charge is 0.323 e.